The van der Waals surface area contributed by atoms with Gasteiger partial charge in [0.1, 0.15) is 5.82 Å². The summed E-state index contributed by atoms with van der Waals surface area (Å²) in [6.07, 6.45) is 3.71. The van der Waals surface area contributed by atoms with Crippen LogP contribution in [0.15, 0.2) is 36.7 Å². The monoisotopic (exact) mass is 233 g/mol. The first kappa shape index (κ1) is 11.8. The van der Waals surface area contributed by atoms with Gasteiger partial charge in [0.05, 0.1) is 12.7 Å². The van der Waals surface area contributed by atoms with Gasteiger partial charge in [0.2, 0.25) is 0 Å². The highest BCUT2D eigenvalue weighted by molar-refractivity contribution is 5.61. The maximum atomic E-state index is 13.1. The second-order valence-corrected chi connectivity index (χ2v) is 4.31. The Morgan fingerprint density at radius 2 is 2.12 bits per heavy atom. The SMILES string of the molecule is CN(C)CCn1cc(-c2cccc(F)c2)cn1. The molecule has 2 rings (SSSR count). The largest absolute Gasteiger partial charge is 0.308 e. The van der Waals surface area contributed by atoms with Crippen molar-refractivity contribution in [2.75, 3.05) is 20.6 Å². The number of halogens is 1. The minimum Gasteiger partial charge on any atom is -0.308 e. The summed E-state index contributed by atoms with van der Waals surface area (Å²) in [5, 5.41) is 4.26. The van der Waals surface area contributed by atoms with Crippen molar-refractivity contribution in [1.29, 1.82) is 0 Å². The zero-order valence-electron chi connectivity index (χ0n) is 10.1. The van der Waals surface area contributed by atoms with Gasteiger partial charge in [0, 0.05) is 18.3 Å². The van der Waals surface area contributed by atoms with Gasteiger partial charge in [-0.2, -0.15) is 5.10 Å². The molecule has 1 aromatic heterocycles. The van der Waals surface area contributed by atoms with Crippen molar-refractivity contribution in [3.8, 4) is 11.1 Å². The topological polar surface area (TPSA) is 21.1 Å². The van der Waals surface area contributed by atoms with E-state index in [1.54, 1.807) is 12.3 Å². The maximum absolute atomic E-state index is 13.1. The number of nitrogens with zero attached hydrogens (tertiary/aromatic N) is 3. The fourth-order valence-electron chi connectivity index (χ4n) is 1.61. The molecule has 0 aliphatic carbocycles. The molecular weight excluding hydrogens is 217 g/mol. The fraction of sp³-hybridized carbons (Fsp3) is 0.308. The standard InChI is InChI=1S/C13H16FN3/c1-16(2)6-7-17-10-12(9-15-17)11-4-3-5-13(14)8-11/h3-5,8-10H,6-7H2,1-2H3. The number of likely N-dealkylation sites (N-methyl/N-ethyl adjacent to an activating group) is 1. The van der Waals surface area contributed by atoms with Crippen molar-refractivity contribution >= 4 is 0 Å². The van der Waals surface area contributed by atoms with Gasteiger partial charge < -0.3 is 4.90 Å². The Balaban J connectivity index is 2.12. The Morgan fingerprint density at radius 1 is 1.29 bits per heavy atom. The van der Waals surface area contributed by atoms with Crippen molar-refractivity contribution in [3.63, 3.8) is 0 Å². The van der Waals surface area contributed by atoms with Crippen molar-refractivity contribution in [3.05, 3.63) is 42.5 Å². The smallest absolute Gasteiger partial charge is 0.123 e. The average molecular weight is 233 g/mol. The first-order valence-electron chi connectivity index (χ1n) is 5.58. The van der Waals surface area contributed by atoms with Gasteiger partial charge in [-0.1, -0.05) is 12.1 Å². The Hall–Kier alpha value is -1.68. The Bertz CT molecular complexity index is 491. The predicted molar refractivity (Wildman–Crippen MR) is 66.2 cm³/mol. The molecule has 0 aliphatic heterocycles. The lowest BCUT2D eigenvalue weighted by Crippen LogP contribution is -2.18. The van der Waals surface area contributed by atoms with E-state index in [2.05, 4.69) is 10.00 Å². The molecule has 2 aromatic rings. The molecule has 3 nitrogen and oxygen atoms in total. The number of hydrogen-bond donors (Lipinski definition) is 0. The molecule has 0 amide bonds. The summed E-state index contributed by atoms with van der Waals surface area (Å²) in [5.74, 6) is -0.219. The molecule has 17 heavy (non-hydrogen) atoms. The normalized spacial score (nSPS) is 11.1. The molecule has 0 bridgehead atoms. The second kappa shape index (κ2) is 5.10. The summed E-state index contributed by atoms with van der Waals surface area (Å²) >= 11 is 0. The van der Waals surface area contributed by atoms with Gasteiger partial charge in [-0.25, -0.2) is 4.39 Å². The minimum atomic E-state index is -0.219. The van der Waals surface area contributed by atoms with Crippen LogP contribution >= 0.6 is 0 Å². The van der Waals surface area contributed by atoms with Crippen molar-refractivity contribution < 1.29 is 4.39 Å². The maximum Gasteiger partial charge on any atom is 0.123 e. The fourth-order valence-corrected chi connectivity index (χ4v) is 1.61. The van der Waals surface area contributed by atoms with Crippen LogP contribution in [0.25, 0.3) is 11.1 Å². The zero-order chi connectivity index (χ0) is 12.3. The Kier molecular flexibility index (Phi) is 3.54. The predicted octanol–water partition coefficient (Wildman–Crippen LogP) is 2.25. The highest BCUT2D eigenvalue weighted by Gasteiger charge is 2.03. The van der Waals surface area contributed by atoms with Crippen LogP contribution in [0.2, 0.25) is 0 Å². The summed E-state index contributed by atoms with van der Waals surface area (Å²) in [6, 6.07) is 6.56. The molecule has 1 heterocycles. The van der Waals surface area contributed by atoms with E-state index >= 15 is 0 Å². The molecule has 0 spiro atoms. The second-order valence-electron chi connectivity index (χ2n) is 4.31. The molecule has 0 radical (unpaired) electrons. The lowest BCUT2D eigenvalue weighted by molar-refractivity contribution is 0.373. The van der Waals surface area contributed by atoms with Crippen LogP contribution in [0.3, 0.4) is 0 Å². The average Bonchev–Trinajstić information content (AvgIpc) is 2.75. The van der Waals surface area contributed by atoms with Crippen LogP contribution in [-0.2, 0) is 6.54 Å². The van der Waals surface area contributed by atoms with Crippen LogP contribution in [0.4, 0.5) is 4.39 Å². The molecule has 90 valence electrons. The molecule has 1 aromatic carbocycles. The first-order chi connectivity index (χ1) is 8.15. The van der Waals surface area contributed by atoms with E-state index in [-0.39, 0.29) is 5.82 Å². The van der Waals surface area contributed by atoms with E-state index in [0.29, 0.717) is 0 Å². The number of benzene rings is 1. The number of rotatable bonds is 4. The third kappa shape index (κ3) is 3.14. The molecule has 0 fully saturated rings. The Morgan fingerprint density at radius 3 is 2.82 bits per heavy atom. The number of hydrogen-bond acceptors (Lipinski definition) is 2. The molecule has 0 N–H and O–H groups in total. The van der Waals surface area contributed by atoms with Gasteiger partial charge in [0.15, 0.2) is 0 Å². The summed E-state index contributed by atoms with van der Waals surface area (Å²) in [7, 11) is 4.05. The molecule has 0 saturated heterocycles. The molecule has 0 atom stereocenters. The summed E-state index contributed by atoms with van der Waals surface area (Å²) in [5.41, 5.74) is 1.81. The Labute approximate surface area is 100 Å². The van der Waals surface area contributed by atoms with Crippen molar-refractivity contribution in [1.82, 2.24) is 14.7 Å². The lowest BCUT2D eigenvalue weighted by atomic mass is 10.1. The van der Waals surface area contributed by atoms with E-state index in [4.69, 9.17) is 0 Å². The van der Waals surface area contributed by atoms with E-state index in [1.165, 1.54) is 12.1 Å². The third-order valence-electron chi connectivity index (χ3n) is 2.57. The summed E-state index contributed by atoms with van der Waals surface area (Å²) in [4.78, 5) is 2.10. The minimum absolute atomic E-state index is 0.219. The van der Waals surface area contributed by atoms with Gasteiger partial charge in [-0.3, -0.25) is 4.68 Å². The molecule has 0 unspecified atom stereocenters. The van der Waals surface area contributed by atoms with Gasteiger partial charge >= 0.3 is 0 Å². The third-order valence-corrected chi connectivity index (χ3v) is 2.57. The highest BCUT2D eigenvalue weighted by Crippen LogP contribution is 2.18. The van der Waals surface area contributed by atoms with Gasteiger partial charge in [0.25, 0.3) is 0 Å². The molecular formula is C13H16FN3. The van der Waals surface area contributed by atoms with Crippen LogP contribution in [0, 0.1) is 5.82 Å². The summed E-state index contributed by atoms with van der Waals surface area (Å²) < 4.78 is 15.0. The number of aromatic nitrogens is 2. The lowest BCUT2D eigenvalue weighted by Gasteiger charge is -2.08. The molecule has 0 saturated carbocycles. The van der Waals surface area contributed by atoms with Crippen molar-refractivity contribution in [2.24, 2.45) is 0 Å². The molecule has 4 heteroatoms. The zero-order valence-corrected chi connectivity index (χ0v) is 10.1. The van der Waals surface area contributed by atoms with Gasteiger partial charge in [-0.15, -0.1) is 0 Å². The van der Waals surface area contributed by atoms with Crippen LogP contribution in [0.5, 0.6) is 0 Å². The van der Waals surface area contributed by atoms with Crippen molar-refractivity contribution in [2.45, 2.75) is 6.54 Å². The van der Waals surface area contributed by atoms with E-state index in [9.17, 15) is 4.39 Å². The summed E-state index contributed by atoms with van der Waals surface area (Å²) in [6.45, 7) is 1.77. The van der Waals surface area contributed by atoms with E-state index < -0.39 is 0 Å². The van der Waals surface area contributed by atoms with Crippen LogP contribution < -0.4 is 0 Å². The highest BCUT2D eigenvalue weighted by atomic mass is 19.1. The van der Waals surface area contributed by atoms with Crippen LogP contribution in [-0.4, -0.2) is 35.3 Å². The van der Waals surface area contributed by atoms with Crippen LogP contribution in [0.1, 0.15) is 0 Å². The molecule has 0 aliphatic rings. The van der Waals surface area contributed by atoms with E-state index in [1.807, 2.05) is 31.0 Å². The van der Waals surface area contributed by atoms with E-state index in [0.717, 1.165) is 24.2 Å². The quantitative estimate of drug-likeness (QED) is 0.807. The first-order valence-corrected chi connectivity index (χ1v) is 5.58. The van der Waals surface area contributed by atoms with Gasteiger partial charge in [-0.05, 0) is 31.8 Å².